The number of hydrogen-bond donors (Lipinski definition) is 1. The molecule has 1 aliphatic rings. The van der Waals surface area contributed by atoms with Gasteiger partial charge in [0.2, 0.25) is 0 Å². The van der Waals surface area contributed by atoms with Gasteiger partial charge >= 0.3 is 0 Å². The number of carbonyl (C=O) groups excluding carboxylic acids is 1. The zero-order valence-electron chi connectivity index (χ0n) is 26.3. The molecule has 0 atom stereocenters. The zero-order valence-corrected chi connectivity index (χ0v) is 16.3. The second kappa shape index (κ2) is 8.14. The maximum absolute atomic E-state index is 13.1. The van der Waals surface area contributed by atoms with Crippen molar-refractivity contribution in [1.82, 2.24) is 24.5 Å². The number of fused-ring (bicyclic) bond motifs is 1. The number of nitrogens with zero attached hydrogens (tertiary/aromatic N) is 6. The summed E-state index contributed by atoms with van der Waals surface area (Å²) in [7, 11) is 1.84. The number of aryl methyl sites for hydroxylation is 1. The molecule has 1 N–H and O–H groups in total. The number of amides is 1. The highest BCUT2D eigenvalue weighted by Crippen LogP contribution is 2.24. The maximum Gasteiger partial charge on any atom is 0.257 e. The van der Waals surface area contributed by atoms with Gasteiger partial charge in [-0.1, -0.05) is 0 Å². The number of rotatable bonds is 4. The van der Waals surface area contributed by atoms with Gasteiger partial charge in [-0.2, -0.15) is 0 Å². The molecule has 0 saturated carbocycles. The minimum absolute atomic E-state index is 0.109. The number of anilines is 2. The van der Waals surface area contributed by atoms with E-state index in [0.29, 0.717) is 10.9 Å². The first kappa shape index (κ1) is 11.0. The second-order valence-corrected chi connectivity index (χ2v) is 6.67. The Bertz CT molecular complexity index is 1640. The average molecular weight is 424 g/mol. The monoisotopic (exact) mass is 423 g/mol. The SMILES string of the molecule is [2H]C1([2H])N(c2cc(C(=O)Nc3cc4cc(-c5cncn5C)cnc4cn3)ccn2)C([2H])([2H])C([2H])([2H])C([2H])([2H])C1([2H])[2H]. The van der Waals surface area contributed by atoms with Crippen LogP contribution >= 0.6 is 0 Å². The first-order valence-electron chi connectivity index (χ1n) is 14.2. The van der Waals surface area contributed by atoms with Crippen LogP contribution in [0.1, 0.15) is 43.2 Å². The lowest BCUT2D eigenvalue weighted by molar-refractivity contribution is 0.102. The number of pyridine rings is 3. The molecule has 4 aromatic heterocycles. The average Bonchev–Trinajstić information content (AvgIpc) is 3.33. The summed E-state index contributed by atoms with van der Waals surface area (Å²) in [6, 6.07) is 5.66. The third-order valence-electron chi connectivity index (χ3n) is 4.62. The first-order chi connectivity index (χ1) is 18.9. The second-order valence-electron chi connectivity index (χ2n) is 6.67. The van der Waals surface area contributed by atoms with Gasteiger partial charge < -0.3 is 14.8 Å². The van der Waals surface area contributed by atoms with E-state index in [1.54, 1.807) is 24.8 Å². The van der Waals surface area contributed by atoms with Crippen LogP contribution < -0.4 is 10.2 Å². The summed E-state index contributed by atoms with van der Waals surface area (Å²) in [6.45, 7) is -6.82. The normalized spacial score (nSPS) is 26.9. The van der Waals surface area contributed by atoms with Gasteiger partial charge in [0.25, 0.3) is 5.91 Å². The minimum atomic E-state index is -3.56. The van der Waals surface area contributed by atoms with Crippen molar-refractivity contribution in [1.29, 1.82) is 0 Å². The fourth-order valence-corrected chi connectivity index (χ4v) is 3.09. The van der Waals surface area contributed by atoms with E-state index < -0.39 is 43.8 Å². The predicted molar refractivity (Wildman–Crippen MR) is 120 cm³/mol. The maximum atomic E-state index is 13.1. The first-order valence-corrected chi connectivity index (χ1v) is 9.24. The van der Waals surface area contributed by atoms with Crippen molar-refractivity contribution < 1.29 is 18.5 Å². The molecule has 8 heteroatoms. The Morgan fingerprint density at radius 2 is 1.94 bits per heavy atom. The van der Waals surface area contributed by atoms with E-state index in [2.05, 4.69) is 25.3 Å². The molecule has 5 heterocycles. The Labute approximate surface area is 194 Å². The standard InChI is InChI=1S/C23H23N7O/c1-29-15-24-14-20(29)18-9-17-10-21(27-13-19(17)26-12-18)28-23(31)16-5-6-25-22(11-16)30-7-3-2-4-8-30/h5-6,9-15H,2-4,7-8H2,1H3,(H,27,28,31)/i2D2,3D2,4D2,7D2,8D2. The highest BCUT2D eigenvalue weighted by molar-refractivity contribution is 6.04. The van der Waals surface area contributed by atoms with Crippen LogP contribution in [0.4, 0.5) is 11.6 Å². The molecule has 4 aromatic rings. The van der Waals surface area contributed by atoms with Gasteiger partial charge in [0.05, 0.1) is 29.9 Å². The Kier molecular flexibility index (Phi) is 2.89. The fourth-order valence-electron chi connectivity index (χ4n) is 3.09. The highest BCUT2D eigenvalue weighted by atomic mass is 16.1. The molecule has 0 radical (unpaired) electrons. The molecule has 31 heavy (non-hydrogen) atoms. The van der Waals surface area contributed by atoms with Crippen molar-refractivity contribution in [2.45, 2.75) is 19.1 Å². The molecule has 8 nitrogen and oxygen atoms in total. The van der Waals surface area contributed by atoms with Crippen molar-refractivity contribution in [2.75, 3.05) is 23.2 Å². The van der Waals surface area contributed by atoms with Gasteiger partial charge in [0.15, 0.2) is 0 Å². The topological polar surface area (TPSA) is 88.8 Å². The third kappa shape index (κ3) is 3.96. The third-order valence-corrected chi connectivity index (χ3v) is 4.62. The summed E-state index contributed by atoms with van der Waals surface area (Å²) in [5.74, 6) is -1.20. The summed E-state index contributed by atoms with van der Waals surface area (Å²) in [5, 5.41) is 3.26. The van der Waals surface area contributed by atoms with Crippen LogP contribution in [0, 0.1) is 0 Å². The smallest absolute Gasteiger partial charge is 0.257 e. The number of imidazole rings is 1. The molecule has 1 fully saturated rings. The Morgan fingerprint density at radius 1 is 1.06 bits per heavy atom. The van der Waals surface area contributed by atoms with E-state index in [1.807, 2.05) is 17.7 Å². The van der Waals surface area contributed by atoms with Crippen LogP contribution in [0.25, 0.3) is 22.2 Å². The molecule has 1 saturated heterocycles. The van der Waals surface area contributed by atoms with E-state index in [4.69, 9.17) is 13.7 Å². The van der Waals surface area contributed by atoms with Crippen LogP contribution in [0.3, 0.4) is 0 Å². The largest absolute Gasteiger partial charge is 0.357 e. The van der Waals surface area contributed by atoms with E-state index in [1.165, 1.54) is 12.3 Å². The Balaban J connectivity index is 1.48. The predicted octanol–water partition coefficient (Wildman–Crippen LogP) is 3.67. The van der Waals surface area contributed by atoms with Crippen LogP contribution in [0.15, 0.2) is 55.4 Å². The Morgan fingerprint density at radius 3 is 2.74 bits per heavy atom. The van der Waals surface area contributed by atoms with Crippen molar-refractivity contribution in [2.24, 2.45) is 7.05 Å². The quantitative estimate of drug-likeness (QED) is 0.539. The number of carbonyl (C=O) groups is 1. The van der Waals surface area contributed by atoms with Gasteiger partial charge in [-0.05, 0) is 43.4 Å². The zero-order chi connectivity index (χ0) is 30.2. The van der Waals surface area contributed by atoms with Crippen LogP contribution in [0.2, 0.25) is 0 Å². The van der Waals surface area contributed by atoms with E-state index in [-0.39, 0.29) is 16.3 Å². The van der Waals surface area contributed by atoms with Gasteiger partial charge in [-0.25, -0.2) is 15.0 Å². The molecule has 1 amide bonds. The molecule has 0 aliphatic carbocycles. The molecule has 0 bridgehead atoms. The van der Waals surface area contributed by atoms with Crippen molar-refractivity contribution in [3.8, 4) is 11.3 Å². The molecule has 0 aromatic carbocycles. The van der Waals surface area contributed by atoms with Crippen LogP contribution in [-0.4, -0.2) is 43.4 Å². The highest BCUT2D eigenvalue weighted by Gasteiger charge is 2.15. The lowest BCUT2D eigenvalue weighted by Crippen LogP contribution is -2.30. The summed E-state index contributed by atoms with van der Waals surface area (Å²) >= 11 is 0. The van der Waals surface area contributed by atoms with Crippen LogP contribution in [-0.2, 0) is 7.05 Å². The van der Waals surface area contributed by atoms with Gasteiger partial charge in [-0.15, -0.1) is 0 Å². The molecule has 0 spiro atoms. The minimum Gasteiger partial charge on any atom is -0.357 e. The number of nitrogens with one attached hydrogen (secondary N) is 1. The number of aromatic nitrogens is 5. The van der Waals surface area contributed by atoms with Crippen LogP contribution in [0.5, 0.6) is 0 Å². The molecular weight excluding hydrogens is 390 g/mol. The molecule has 1 aliphatic heterocycles. The van der Waals surface area contributed by atoms with E-state index in [9.17, 15) is 4.79 Å². The molecule has 0 unspecified atom stereocenters. The summed E-state index contributed by atoms with van der Waals surface area (Å²) in [5.41, 5.74) is 2.04. The van der Waals surface area contributed by atoms with Gasteiger partial charge in [0, 0.05) is 62.7 Å². The number of piperidine rings is 1. The lowest BCUT2D eigenvalue weighted by Gasteiger charge is -2.27. The van der Waals surface area contributed by atoms with Crippen molar-refractivity contribution in [3.63, 3.8) is 0 Å². The van der Waals surface area contributed by atoms with Gasteiger partial charge in [0.1, 0.15) is 11.6 Å². The van der Waals surface area contributed by atoms with Crippen molar-refractivity contribution in [3.05, 3.63) is 60.9 Å². The van der Waals surface area contributed by atoms with Gasteiger partial charge in [-0.3, -0.25) is 9.78 Å². The molecule has 5 rings (SSSR count). The molecular formula is C23H23N7O. The summed E-state index contributed by atoms with van der Waals surface area (Å²) in [6.07, 6.45) is -3.07. The van der Waals surface area contributed by atoms with E-state index >= 15 is 0 Å². The lowest BCUT2D eigenvalue weighted by atomic mass is 10.1. The number of hydrogen-bond acceptors (Lipinski definition) is 6. The van der Waals surface area contributed by atoms with E-state index in [0.717, 1.165) is 23.5 Å². The summed E-state index contributed by atoms with van der Waals surface area (Å²) in [4.78, 5) is 29.8. The Hall–Kier alpha value is -3.81. The molecule has 156 valence electrons. The van der Waals surface area contributed by atoms with Crippen molar-refractivity contribution >= 4 is 28.4 Å². The summed E-state index contributed by atoms with van der Waals surface area (Å²) < 4.78 is 83.5. The fraction of sp³-hybridized carbons (Fsp3) is 0.261.